The molecular formula is C26H30N2O5. The smallest absolute Gasteiger partial charge is 0.295 e. The molecule has 2 aromatic rings. The van der Waals surface area contributed by atoms with Crippen LogP contribution in [0.5, 0.6) is 11.5 Å². The number of carbonyl (C=O) groups is 2. The van der Waals surface area contributed by atoms with Crippen molar-refractivity contribution in [2.45, 2.75) is 31.9 Å². The van der Waals surface area contributed by atoms with Gasteiger partial charge in [-0.05, 0) is 75.4 Å². The Morgan fingerprint density at radius 3 is 2.58 bits per heavy atom. The minimum Gasteiger partial charge on any atom is -0.507 e. The number of ketones is 1. The molecule has 2 aliphatic heterocycles. The van der Waals surface area contributed by atoms with Gasteiger partial charge in [-0.15, -0.1) is 0 Å². The SMILES string of the molecule is COc1ccc([C@@H]2/C(=C(\O)c3ccc4c(c3)C[C@H](C)O4)C(=O)C(=O)N2CCCN(C)C)cc1. The van der Waals surface area contributed by atoms with Crippen molar-refractivity contribution in [3.8, 4) is 11.5 Å². The number of fused-ring (bicyclic) bond motifs is 1. The van der Waals surface area contributed by atoms with Crippen LogP contribution in [0.1, 0.15) is 36.1 Å². The van der Waals surface area contributed by atoms with Crippen LogP contribution < -0.4 is 9.47 Å². The minimum absolute atomic E-state index is 0.0685. The lowest BCUT2D eigenvalue weighted by Crippen LogP contribution is -2.32. The van der Waals surface area contributed by atoms with Crippen molar-refractivity contribution < 1.29 is 24.2 Å². The molecule has 1 fully saturated rings. The monoisotopic (exact) mass is 450 g/mol. The maximum Gasteiger partial charge on any atom is 0.295 e. The molecule has 2 atom stereocenters. The molecule has 0 aromatic heterocycles. The van der Waals surface area contributed by atoms with Crippen molar-refractivity contribution in [1.82, 2.24) is 9.80 Å². The zero-order valence-corrected chi connectivity index (χ0v) is 19.5. The van der Waals surface area contributed by atoms with E-state index < -0.39 is 17.7 Å². The Kier molecular flexibility index (Phi) is 6.42. The highest BCUT2D eigenvalue weighted by Gasteiger charge is 2.45. The second kappa shape index (κ2) is 9.27. The van der Waals surface area contributed by atoms with Crippen LogP contribution in [0.4, 0.5) is 0 Å². The molecule has 33 heavy (non-hydrogen) atoms. The number of benzene rings is 2. The van der Waals surface area contributed by atoms with E-state index in [9.17, 15) is 14.7 Å². The molecule has 0 unspecified atom stereocenters. The highest BCUT2D eigenvalue weighted by Crippen LogP contribution is 2.41. The van der Waals surface area contributed by atoms with Gasteiger partial charge in [0.05, 0.1) is 18.7 Å². The van der Waals surface area contributed by atoms with E-state index in [2.05, 4.69) is 0 Å². The zero-order valence-electron chi connectivity index (χ0n) is 19.5. The standard InChI is InChI=1S/C26H30N2O5/c1-16-14-19-15-18(8-11-21(19)33-16)24(29)22-23(17-6-9-20(32-4)10-7-17)28(26(31)25(22)30)13-5-12-27(2)3/h6-11,15-16,23,29H,5,12-14H2,1-4H3/b24-22+/t16-,23+/m0/s1. The maximum atomic E-state index is 13.2. The van der Waals surface area contributed by atoms with Crippen LogP contribution in [0.3, 0.4) is 0 Å². The topological polar surface area (TPSA) is 79.3 Å². The molecular weight excluding hydrogens is 420 g/mol. The number of rotatable bonds is 7. The summed E-state index contributed by atoms with van der Waals surface area (Å²) in [4.78, 5) is 29.8. The lowest BCUT2D eigenvalue weighted by Gasteiger charge is -2.26. The Bertz CT molecular complexity index is 1090. The summed E-state index contributed by atoms with van der Waals surface area (Å²) in [6, 6.07) is 12.0. The normalized spacial score (nSPS) is 21.4. The van der Waals surface area contributed by atoms with E-state index in [1.807, 2.05) is 50.2 Å². The summed E-state index contributed by atoms with van der Waals surface area (Å²) < 4.78 is 11.0. The predicted molar refractivity (Wildman–Crippen MR) is 125 cm³/mol. The van der Waals surface area contributed by atoms with Crippen molar-refractivity contribution in [3.05, 3.63) is 64.7 Å². The molecule has 2 aliphatic rings. The van der Waals surface area contributed by atoms with Gasteiger partial charge in [0, 0.05) is 18.5 Å². The lowest BCUT2D eigenvalue weighted by atomic mass is 9.94. The van der Waals surface area contributed by atoms with Gasteiger partial charge in [0.2, 0.25) is 0 Å². The first-order chi connectivity index (χ1) is 15.8. The number of aliphatic hydroxyl groups excluding tert-OH is 1. The molecule has 2 heterocycles. The molecule has 1 amide bonds. The first-order valence-electron chi connectivity index (χ1n) is 11.2. The molecule has 0 radical (unpaired) electrons. The maximum absolute atomic E-state index is 13.2. The summed E-state index contributed by atoms with van der Waals surface area (Å²) in [5.41, 5.74) is 2.35. The number of hydrogen-bond acceptors (Lipinski definition) is 6. The largest absolute Gasteiger partial charge is 0.507 e. The van der Waals surface area contributed by atoms with E-state index in [0.29, 0.717) is 24.3 Å². The van der Waals surface area contributed by atoms with Gasteiger partial charge in [-0.2, -0.15) is 0 Å². The van der Waals surface area contributed by atoms with Crippen molar-refractivity contribution in [2.75, 3.05) is 34.3 Å². The Labute approximate surface area is 194 Å². The fourth-order valence-electron chi connectivity index (χ4n) is 4.53. The van der Waals surface area contributed by atoms with Gasteiger partial charge < -0.3 is 24.4 Å². The average molecular weight is 451 g/mol. The third kappa shape index (κ3) is 4.46. The van der Waals surface area contributed by atoms with Crippen LogP contribution >= 0.6 is 0 Å². The molecule has 1 saturated heterocycles. The van der Waals surface area contributed by atoms with Crippen LogP contribution in [0.25, 0.3) is 5.76 Å². The summed E-state index contributed by atoms with van der Waals surface area (Å²) in [6.07, 6.45) is 1.51. The van der Waals surface area contributed by atoms with Gasteiger partial charge in [-0.3, -0.25) is 9.59 Å². The van der Waals surface area contributed by atoms with Crippen molar-refractivity contribution in [3.63, 3.8) is 0 Å². The molecule has 7 nitrogen and oxygen atoms in total. The minimum atomic E-state index is -0.665. The zero-order chi connectivity index (χ0) is 23.7. The van der Waals surface area contributed by atoms with Crippen molar-refractivity contribution in [2.24, 2.45) is 0 Å². The number of amides is 1. The summed E-state index contributed by atoms with van der Waals surface area (Å²) in [5.74, 6) is 0.0510. The Hall–Kier alpha value is -3.32. The fourth-order valence-corrected chi connectivity index (χ4v) is 4.53. The third-order valence-electron chi connectivity index (χ3n) is 6.15. The number of hydrogen-bond donors (Lipinski definition) is 1. The molecule has 0 spiro atoms. The average Bonchev–Trinajstić information content (AvgIpc) is 3.29. The molecule has 7 heteroatoms. The number of ether oxygens (including phenoxy) is 2. The second-order valence-corrected chi connectivity index (χ2v) is 8.88. The number of methoxy groups -OCH3 is 1. The Balaban J connectivity index is 1.77. The van der Waals surface area contributed by atoms with Crippen LogP contribution in [-0.4, -0.2) is 67.0 Å². The molecule has 2 aromatic carbocycles. The summed E-state index contributed by atoms with van der Waals surface area (Å²) in [7, 11) is 5.52. The lowest BCUT2D eigenvalue weighted by molar-refractivity contribution is -0.139. The van der Waals surface area contributed by atoms with E-state index in [1.165, 1.54) is 0 Å². The Morgan fingerprint density at radius 2 is 1.91 bits per heavy atom. The van der Waals surface area contributed by atoms with E-state index in [-0.39, 0.29) is 17.4 Å². The number of aliphatic hydroxyl groups is 1. The van der Waals surface area contributed by atoms with Crippen LogP contribution in [0, 0.1) is 0 Å². The first kappa shape index (κ1) is 22.9. The fraction of sp³-hybridized carbons (Fsp3) is 0.385. The van der Waals surface area contributed by atoms with Gasteiger partial charge in [-0.1, -0.05) is 12.1 Å². The van der Waals surface area contributed by atoms with Crippen LogP contribution in [0.2, 0.25) is 0 Å². The number of carbonyl (C=O) groups excluding carboxylic acids is 2. The van der Waals surface area contributed by atoms with Gasteiger partial charge in [-0.25, -0.2) is 0 Å². The van der Waals surface area contributed by atoms with Gasteiger partial charge >= 0.3 is 0 Å². The van der Waals surface area contributed by atoms with E-state index >= 15 is 0 Å². The molecule has 0 aliphatic carbocycles. The molecule has 174 valence electrons. The molecule has 0 saturated carbocycles. The number of likely N-dealkylation sites (tertiary alicyclic amines) is 1. The predicted octanol–water partition coefficient (Wildman–Crippen LogP) is 3.39. The number of Topliss-reactive ketones (excluding diaryl/α,β-unsaturated/α-hetero) is 1. The molecule has 0 bridgehead atoms. The van der Waals surface area contributed by atoms with E-state index in [4.69, 9.17) is 9.47 Å². The summed E-state index contributed by atoms with van der Waals surface area (Å²) >= 11 is 0. The second-order valence-electron chi connectivity index (χ2n) is 8.88. The van der Waals surface area contributed by atoms with Crippen molar-refractivity contribution in [1.29, 1.82) is 0 Å². The van der Waals surface area contributed by atoms with Gasteiger partial charge in [0.25, 0.3) is 11.7 Å². The molecule has 4 rings (SSSR count). The third-order valence-corrected chi connectivity index (χ3v) is 6.15. The highest BCUT2D eigenvalue weighted by molar-refractivity contribution is 6.46. The van der Waals surface area contributed by atoms with Gasteiger partial charge in [0.15, 0.2) is 0 Å². The summed E-state index contributed by atoms with van der Waals surface area (Å²) in [5, 5.41) is 11.3. The van der Waals surface area contributed by atoms with Crippen LogP contribution in [-0.2, 0) is 16.0 Å². The first-order valence-corrected chi connectivity index (χ1v) is 11.2. The summed E-state index contributed by atoms with van der Waals surface area (Å²) in [6.45, 7) is 3.18. The Morgan fingerprint density at radius 1 is 1.18 bits per heavy atom. The molecule has 1 N–H and O–H groups in total. The quantitative estimate of drug-likeness (QED) is 0.396. The van der Waals surface area contributed by atoms with Crippen LogP contribution in [0.15, 0.2) is 48.0 Å². The van der Waals surface area contributed by atoms with E-state index in [0.717, 1.165) is 29.8 Å². The van der Waals surface area contributed by atoms with E-state index in [1.54, 1.807) is 30.2 Å². The van der Waals surface area contributed by atoms with Crippen molar-refractivity contribution >= 4 is 17.4 Å². The highest BCUT2D eigenvalue weighted by atomic mass is 16.5. The number of nitrogens with zero attached hydrogens (tertiary/aromatic N) is 2. The van der Waals surface area contributed by atoms with Gasteiger partial charge in [0.1, 0.15) is 23.4 Å².